The van der Waals surface area contributed by atoms with Crippen LogP contribution in [0, 0.1) is 0 Å². The normalized spacial score (nSPS) is 16.9. The number of benzene rings is 1. The van der Waals surface area contributed by atoms with Crippen molar-refractivity contribution in [3.05, 3.63) is 48.2 Å². The van der Waals surface area contributed by atoms with Crippen LogP contribution in [0.5, 0.6) is 0 Å². The molecule has 0 unspecified atom stereocenters. The average Bonchev–Trinajstić information content (AvgIpc) is 2.89. The van der Waals surface area contributed by atoms with Gasteiger partial charge in [0, 0.05) is 18.7 Å². The summed E-state index contributed by atoms with van der Waals surface area (Å²) in [6.45, 7) is 4.50. The third-order valence-electron chi connectivity index (χ3n) is 3.20. The summed E-state index contributed by atoms with van der Waals surface area (Å²) in [4.78, 5) is 2.36. The maximum Gasteiger partial charge on any atom is 0.134 e. The second kappa shape index (κ2) is 5.38. The number of rotatable bonds is 3. The molecule has 1 saturated heterocycles. The second-order valence-electron chi connectivity index (χ2n) is 4.52. The molecule has 18 heavy (non-hydrogen) atoms. The predicted molar refractivity (Wildman–Crippen MR) is 70.2 cm³/mol. The molecule has 94 valence electrons. The van der Waals surface area contributed by atoms with Crippen LogP contribution in [0.3, 0.4) is 0 Å². The van der Waals surface area contributed by atoms with Gasteiger partial charge < -0.3 is 9.15 Å². The summed E-state index contributed by atoms with van der Waals surface area (Å²) in [6, 6.07) is 14.3. The Labute approximate surface area is 107 Å². The fourth-order valence-electron chi connectivity index (χ4n) is 2.20. The van der Waals surface area contributed by atoms with Crippen molar-refractivity contribution in [1.29, 1.82) is 0 Å². The van der Waals surface area contributed by atoms with Gasteiger partial charge in [-0.3, -0.25) is 4.90 Å². The first-order valence-corrected chi connectivity index (χ1v) is 6.36. The van der Waals surface area contributed by atoms with Gasteiger partial charge in [-0.25, -0.2) is 0 Å². The molecule has 0 radical (unpaired) electrons. The van der Waals surface area contributed by atoms with E-state index >= 15 is 0 Å². The summed E-state index contributed by atoms with van der Waals surface area (Å²) >= 11 is 0. The van der Waals surface area contributed by atoms with Crippen LogP contribution in [0.15, 0.2) is 46.9 Å². The number of furan rings is 1. The molecule has 1 fully saturated rings. The number of nitrogens with zero attached hydrogens (tertiary/aromatic N) is 1. The first-order chi connectivity index (χ1) is 8.92. The summed E-state index contributed by atoms with van der Waals surface area (Å²) in [6.07, 6.45) is 0. The zero-order chi connectivity index (χ0) is 12.2. The minimum absolute atomic E-state index is 0.826. The Kier molecular flexibility index (Phi) is 3.44. The maximum atomic E-state index is 5.89. The van der Waals surface area contributed by atoms with Gasteiger partial charge in [-0.2, -0.15) is 0 Å². The van der Waals surface area contributed by atoms with Crippen LogP contribution in [-0.4, -0.2) is 31.2 Å². The Bertz CT molecular complexity index is 486. The zero-order valence-electron chi connectivity index (χ0n) is 10.3. The van der Waals surface area contributed by atoms with Gasteiger partial charge in [-0.05, 0) is 12.1 Å². The molecule has 0 saturated carbocycles. The number of morpholine rings is 1. The molecule has 0 N–H and O–H groups in total. The molecule has 0 bridgehead atoms. The van der Waals surface area contributed by atoms with Crippen LogP contribution in [0.1, 0.15) is 5.76 Å². The Morgan fingerprint density at radius 1 is 0.944 bits per heavy atom. The maximum absolute atomic E-state index is 5.89. The first kappa shape index (κ1) is 11.5. The van der Waals surface area contributed by atoms with Crippen molar-refractivity contribution < 1.29 is 9.15 Å². The first-order valence-electron chi connectivity index (χ1n) is 6.36. The van der Waals surface area contributed by atoms with Gasteiger partial charge in [0.05, 0.1) is 19.8 Å². The summed E-state index contributed by atoms with van der Waals surface area (Å²) in [5.74, 6) is 1.97. The van der Waals surface area contributed by atoms with Gasteiger partial charge in [-0.15, -0.1) is 0 Å². The van der Waals surface area contributed by atoms with E-state index in [1.165, 1.54) is 0 Å². The van der Waals surface area contributed by atoms with E-state index < -0.39 is 0 Å². The van der Waals surface area contributed by atoms with Gasteiger partial charge in [0.2, 0.25) is 0 Å². The molecule has 1 aromatic heterocycles. The monoisotopic (exact) mass is 243 g/mol. The van der Waals surface area contributed by atoms with E-state index in [0.717, 1.165) is 49.9 Å². The van der Waals surface area contributed by atoms with Crippen LogP contribution in [0.25, 0.3) is 11.3 Å². The van der Waals surface area contributed by atoms with Gasteiger partial charge in [0.15, 0.2) is 0 Å². The van der Waals surface area contributed by atoms with E-state index in [9.17, 15) is 0 Å². The molecular formula is C15H17NO2. The SMILES string of the molecule is c1ccc(-c2ccc(CN3CCOCC3)o2)cc1. The molecule has 2 aromatic rings. The molecule has 2 heterocycles. The lowest BCUT2D eigenvalue weighted by molar-refractivity contribution is 0.0314. The number of ether oxygens (including phenoxy) is 1. The summed E-state index contributed by atoms with van der Waals surface area (Å²) < 4.78 is 11.2. The number of hydrogen-bond donors (Lipinski definition) is 0. The Morgan fingerprint density at radius 2 is 1.72 bits per heavy atom. The molecule has 0 spiro atoms. The lowest BCUT2D eigenvalue weighted by Gasteiger charge is -2.25. The summed E-state index contributed by atoms with van der Waals surface area (Å²) in [5, 5.41) is 0. The molecule has 0 atom stereocenters. The molecule has 3 rings (SSSR count). The van der Waals surface area contributed by atoms with Crippen molar-refractivity contribution in [3.63, 3.8) is 0 Å². The lowest BCUT2D eigenvalue weighted by Crippen LogP contribution is -2.35. The summed E-state index contributed by atoms with van der Waals surface area (Å²) in [7, 11) is 0. The Hall–Kier alpha value is -1.58. The summed E-state index contributed by atoms with van der Waals surface area (Å²) in [5.41, 5.74) is 1.13. The molecule has 0 amide bonds. The van der Waals surface area contributed by atoms with E-state index in [-0.39, 0.29) is 0 Å². The molecule has 0 aliphatic carbocycles. The highest BCUT2D eigenvalue weighted by Gasteiger charge is 2.13. The van der Waals surface area contributed by atoms with Crippen LogP contribution in [0.2, 0.25) is 0 Å². The second-order valence-corrected chi connectivity index (χ2v) is 4.52. The van der Waals surface area contributed by atoms with Crippen molar-refractivity contribution >= 4 is 0 Å². The van der Waals surface area contributed by atoms with Crippen molar-refractivity contribution in [2.24, 2.45) is 0 Å². The highest BCUT2D eigenvalue weighted by atomic mass is 16.5. The van der Waals surface area contributed by atoms with Gasteiger partial charge in [0.25, 0.3) is 0 Å². The quantitative estimate of drug-likeness (QED) is 0.829. The molecule has 3 heteroatoms. The average molecular weight is 243 g/mol. The largest absolute Gasteiger partial charge is 0.460 e. The highest BCUT2D eigenvalue weighted by molar-refractivity contribution is 5.57. The topological polar surface area (TPSA) is 25.6 Å². The van der Waals surface area contributed by atoms with Gasteiger partial charge >= 0.3 is 0 Å². The van der Waals surface area contributed by atoms with Crippen LogP contribution in [-0.2, 0) is 11.3 Å². The fraction of sp³-hybridized carbons (Fsp3) is 0.333. The highest BCUT2D eigenvalue weighted by Crippen LogP contribution is 2.22. The van der Waals surface area contributed by atoms with Crippen LogP contribution in [0.4, 0.5) is 0 Å². The molecule has 1 aliphatic rings. The Balaban J connectivity index is 1.69. The van der Waals surface area contributed by atoms with E-state index in [0.29, 0.717) is 0 Å². The molecule has 1 aromatic carbocycles. The minimum atomic E-state index is 0.826. The minimum Gasteiger partial charge on any atom is -0.460 e. The van der Waals surface area contributed by atoms with Crippen LogP contribution >= 0.6 is 0 Å². The van der Waals surface area contributed by atoms with Crippen molar-refractivity contribution in [3.8, 4) is 11.3 Å². The third kappa shape index (κ3) is 2.63. The molecular weight excluding hydrogens is 226 g/mol. The smallest absolute Gasteiger partial charge is 0.134 e. The van der Waals surface area contributed by atoms with Gasteiger partial charge in [0.1, 0.15) is 11.5 Å². The van der Waals surface area contributed by atoms with Crippen molar-refractivity contribution in [1.82, 2.24) is 4.90 Å². The van der Waals surface area contributed by atoms with Crippen LogP contribution < -0.4 is 0 Å². The number of hydrogen-bond acceptors (Lipinski definition) is 3. The Morgan fingerprint density at radius 3 is 2.50 bits per heavy atom. The zero-order valence-corrected chi connectivity index (χ0v) is 10.3. The fourth-order valence-corrected chi connectivity index (χ4v) is 2.20. The van der Waals surface area contributed by atoms with Crippen molar-refractivity contribution in [2.45, 2.75) is 6.54 Å². The van der Waals surface area contributed by atoms with E-state index in [2.05, 4.69) is 23.1 Å². The van der Waals surface area contributed by atoms with E-state index in [1.807, 2.05) is 24.3 Å². The lowest BCUT2D eigenvalue weighted by atomic mass is 10.2. The van der Waals surface area contributed by atoms with E-state index in [4.69, 9.17) is 9.15 Å². The van der Waals surface area contributed by atoms with E-state index in [1.54, 1.807) is 0 Å². The van der Waals surface area contributed by atoms with Gasteiger partial charge in [-0.1, -0.05) is 30.3 Å². The third-order valence-corrected chi connectivity index (χ3v) is 3.20. The predicted octanol–water partition coefficient (Wildman–Crippen LogP) is 2.78. The molecule has 1 aliphatic heterocycles. The van der Waals surface area contributed by atoms with Crippen molar-refractivity contribution in [2.75, 3.05) is 26.3 Å². The molecule has 3 nitrogen and oxygen atoms in total. The standard InChI is InChI=1S/C15H17NO2/c1-2-4-13(5-3-1)15-7-6-14(18-15)12-16-8-10-17-11-9-16/h1-7H,8-12H2.